The maximum atomic E-state index is 11.0. The summed E-state index contributed by atoms with van der Waals surface area (Å²) < 4.78 is 0. The minimum absolute atomic E-state index is 0.00808. The Kier molecular flexibility index (Phi) is 3.74. The third-order valence-electron chi connectivity index (χ3n) is 2.41. The summed E-state index contributed by atoms with van der Waals surface area (Å²) in [5.41, 5.74) is 0.133. The summed E-state index contributed by atoms with van der Waals surface area (Å²) in [5.74, 6) is -0.944. The number of carbonyl (C=O) groups is 1. The van der Waals surface area contributed by atoms with Gasteiger partial charge in [0.2, 0.25) is 0 Å². The molecular formula is C14H9NO3S. The highest BCUT2D eigenvalue weighted by atomic mass is 32.2. The summed E-state index contributed by atoms with van der Waals surface area (Å²) >= 11 is 1.36. The van der Waals surface area contributed by atoms with Crippen molar-refractivity contribution in [2.24, 2.45) is 0 Å². The molecule has 0 saturated carbocycles. The van der Waals surface area contributed by atoms with Crippen LogP contribution in [0.4, 0.5) is 0 Å². The summed E-state index contributed by atoms with van der Waals surface area (Å²) in [6, 6.07) is 13.1. The molecule has 0 bridgehead atoms. The van der Waals surface area contributed by atoms with Crippen LogP contribution in [0.3, 0.4) is 0 Å². The molecule has 0 heterocycles. The molecule has 0 saturated heterocycles. The molecule has 0 atom stereocenters. The molecule has 0 amide bonds. The Morgan fingerprint density at radius 1 is 1.11 bits per heavy atom. The predicted molar refractivity (Wildman–Crippen MR) is 70.3 cm³/mol. The van der Waals surface area contributed by atoms with Gasteiger partial charge >= 0.3 is 5.97 Å². The van der Waals surface area contributed by atoms with Crippen LogP contribution < -0.4 is 0 Å². The molecule has 2 aromatic carbocycles. The van der Waals surface area contributed by atoms with Gasteiger partial charge in [-0.05, 0) is 42.5 Å². The number of phenols is 1. The Hall–Kier alpha value is -2.45. The molecule has 0 radical (unpaired) electrons. The molecule has 4 nitrogen and oxygen atoms in total. The normalized spacial score (nSPS) is 9.84. The van der Waals surface area contributed by atoms with E-state index in [0.717, 1.165) is 9.79 Å². The van der Waals surface area contributed by atoms with Gasteiger partial charge in [0.1, 0.15) is 11.8 Å². The van der Waals surface area contributed by atoms with Gasteiger partial charge in [-0.25, -0.2) is 4.79 Å². The highest BCUT2D eigenvalue weighted by molar-refractivity contribution is 7.99. The molecule has 0 spiro atoms. The lowest BCUT2D eigenvalue weighted by molar-refractivity contribution is 0.0696. The third-order valence-corrected chi connectivity index (χ3v) is 3.41. The molecule has 0 aliphatic rings. The number of aromatic hydroxyl groups is 1. The highest BCUT2D eigenvalue weighted by Gasteiger charge is 2.11. The molecule has 19 heavy (non-hydrogen) atoms. The number of rotatable bonds is 3. The average Bonchev–Trinajstić information content (AvgIpc) is 2.41. The lowest BCUT2D eigenvalue weighted by atomic mass is 10.1. The van der Waals surface area contributed by atoms with Gasteiger partial charge in [0, 0.05) is 9.79 Å². The maximum Gasteiger partial charge on any atom is 0.337 e. The van der Waals surface area contributed by atoms with E-state index in [0.29, 0.717) is 0 Å². The topological polar surface area (TPSA) is 81.3 Å². The van der Waals surface area contributed by atoms with Crippen molar-refractivity contribution in [2.45, 2.75) is 9.79 Å². The number of hydrogen-bond acceptors (Lipinski definition) is 4. The molecular weight excluding hydrogens is 262 g/mol. The van der Waals surface area contributed by atoms with Crippen LogP contribution in [0.1, 0.15) is 15.9 Å². The maximum absolute atomic E-state index is 11.0. The zero-order chi connectivity index (χ0) is 13.8. The van der Waals surface area contributed by atoms with Crippen molar-refractivity contribution in [1.82, 2.24) is 0 Å². The SMILES string of the molecule is N#Cc1ccc(Sc2ccc(O)cc2)cc1C(=O)O. The number of aromatic carboxylic acids is 1. The van der Waals surface area contributed by atoms with Crippen LogP contribution in [0, 0.1) is 11.3 Å². The van der Waals surface area contributed by atoms with Crippen LogP contribution in [0.5, 0.6) is 5.75 Å². The fraction of sp³-hybridized carbons (Fsp3) is 0. The van der Waals surface area contributed by atoms with Gasteiger partial charge in [-0.3, -0.25) is 0 Å². The van der Waals surface area contributed by atoms with Crippen LogP contribution in [0.25, 0.3) is 0 Å². The Bertz CT molecular complexity index is 659. The molecule has 0 fully saturated rings. The summed E-state index contributed by atoms with van der Waals surface area (Å²) in [4.78, 5) is 12.6. The minimum Gasteiger partial charge on any atom is -0.508 e. The largest absolute Gasteiger partial charge is 0.508 e. The highest BCUT2D eigenvalue weighted by Crippen LogP contribution is 2.30. The van der Waals surface area contributed by atoms with Crippen LogP contribution in [0.15, 0.2) is 52.3 Å². The molecule has 5 heteroatoms. The first kappa shape index (κ1) is 13.0. The third kappa shape index (κ3) is 3.06. The molecule has 0 unspecified atom stereocenters. The van der Waals surface area contributed by atoms with Crippen molar-refractivity contribution in [3.05, 3.63) is 53.6 Å². The Morgan fingerprint density at radius 3 is 2.32 bits per heavy atom. The van der Waals surface area contributed by atoms with E-state index in [2.05, 4.69) is 0 Å². The van der Waals surface area contributed by atoms with Gasteiger partial charge in [-0.1, -0.05) is 11.8 Å². The lowest BCUT2D eigenvalue weighted by Crippen LogP contribution is -2.00. The second-order valence-electron chi connectivity index (χ2n) is 3.72. The van der Waals surface area contributed by atoms with Crippen LogP contribution in [-0.2, 0) is 0 Å². The first-order chi connectivity index (χ1) is 9.10. The quantitative estimate of drug-likeness (QED) is 0.896. The van der Waals surface area contributed by atoms with E-state index in [9.17, 15) is 9.90 Å². The van der Waals surface area contributed by atoms with Gasteiger partial charge in [0.15, 0.2) is 0 Å². The molecule has 0 aromatic heterocycles. The van der Waals surface area contributed by atoms with Crippen LogP contribution in [0.2, 0.25) is 0 Å². The van der Waals surface area contributed by atoms with E-state index in [-0.39, 0.29) is 16.9 Å². The standard InChI is InChI=1S/C14H9NO3S/c15-8-9-1-4-12(7-13(9)14(17)18)19-11-5-2-10(16)3-6-11/h1-7,16H,(H,17,18). The zero-order valence-electron chi connectivity index (χ0n) is 9.70. The lowest BCUT2D eigenvalue weighted by Gasteiger charge is -2.04. The number of phenolic OH excluding ortho intramolecular Hbond substituents is 1. The van der Waals surface area contributed by atoms with E-state index in [1.165, 1.54) is 23.9 Å². The summed E-state index contributed by atoms with van der Waals surface area (Å²) in [6.07, 6.45) is 0. The van der Waals surface area contributed by atoms with Crippen molar-refractivity contribution >= 4 is 17.7 Å². The first-order valence-corrected chi connectivity index (χ1v) is 6.16. The smallest absolute Gasteiger partial charge is 0.337 e. The van der Waals surface area contributed by atoms with Crippen molar-refractivity contribution in [3.63, 3.8) is 0 Å². The van der Waals surface area contributed by atoms with Crippen LogP contribution in [-0.4, -0.2) is 16.2 Å². The Morgan fingerprint density at radius 2 is 1.74 bits per heavy atom. The van der Waals surface area contributed by atoms with Crippen molar-refractivity contribution in [1.29, 1.82) is 5.26 Å². The number of nitriles is 1. The monoisotopic (exact) mass is 271 g/mol. The van der Waals surface area contributed by atoms with Gasteiger partial charge in [-0.15, -0.1) is 0 Å². The second kappa shape index (κ2) is 5.46. The zero-order valence-corrected chi connectivity index (χ0v) is 10.5. The van der Waals surface area contributed by atoms with Crippen molar-refractivity contribution in [2.75, 3.05) is 0 Å². The van der Waals surface area contributed by atoms with Crippen LogP contribution >= 0.6 is 11.8 Å². The second-order valence-corrected chi connectivity index (χ2v) is 4.87. The number of carboxylic acid groups (broad SMARTS) is 1. The van der Waals surface area contributed by atoms with Crippen molar-refractivity contribution < 1.29 is 15.0 Å². The number of benzene rings is 2. The molecule has 0 aliphatic carbocycles. The van der Waals surface area contributed by atoms with E-state index >= 15 is 0 Å². The fourth-order valence-electron chi connectivity index (χ4n) is 1.51. The van der Waals surface area contributed by atoms with E-state index < -0.39 is 5.97 Å². The number of nitrogens with zero attached hydrogens (tertiary/aromatic N) is 1. The molecule has 94 valence electrons. The van der Waals surface area contributed by atoms with E-state index in [1.807, 2.05) is 6.07 Å². The Balaban J connectivity index is 2.31. The predicted octanol–water partition coefficient (Wildman–Crippen LogP) is 3.11. The van der Waals surface area contributed by atoms with Gasteiger partial charge in [0.25, 0.3) is 0 Å². The number of hydrogen-bond donors (Lipinski definition) is 2. The van der Waals surface area contributed by atoms with E-state index in [4.69, 9.17) is 10.4 Å². The number of carboxylic acids is 1. The molecule has 2 aromatic rings. The average molecular weight is 271 g/mol. The molecule has 2 rings (SSSR count). The fourth-order valence-corrected chi connectivity index (χ4v) is 2.37. The summed E-state index contributed by atoms with van der Waals surface area (Å²) in [7, 11) is 0. The van der Waals surface area contributed by atoms with E-state index in [1.54, 1.807) is 30.3 Å². The van der Waals surface area contributed by atoms with Gasteiger partial charge < -0.3 is 10.2 Å². The molecule has 2 N–H and O–H groups in total. The first-order valence-electron chi connectivity index (χ1n) is 5.34. The minimum atomic E-state index is -1.12. The van der Waals surface area contributed by atoms with Gasteiger partial charge in [-0.2, -0.15) is 5.26 Å². The summed E-state index contributed by atoms with van der Waals surface area (Å²) in [5, 5.41) is 27.0. The Labute approximate surface area is 113 Å². The van der Waals surface area contributed by atoms with Gasteiger partial charge in [0.05, 0.1) is 11.1 Å². The van der Waals surface area contributed by atoms with Crippen molar-refractivity contribution in [3.8, 4) is 11.8 Å². The summed E-state index contributed by atoms with van der Waals surface area (Å²) in [6.45, 7) is 0. The molecule has 0 aliphatic heterocycles.